The van der Waals surface area contributed by atoms with Crippen LogP contribution in [0.25, 0.3) is 11.2 Å². The van der Waals surface area contributed by atoms with Crippen LogP contribution in [-0.2, 0) is 13.0 Å². The molecule has 116 valence electrons. The minimum Gasteiger partial charge on any atom is -0.313 e. The molecule has 0 unspecified atom stereocenters. The molecule has 0 fully saturated rings. The van der Waals surface area contributed by atoms with E-state index in [9.17, 15) is 0 Å². The van der Waals surface area contributed by atoms with Crippen molar-refractivity contribution in [1.29, 1.82) is 0 Å². The van der Waals surface area contributed by atoms with Gasteiger partial charge in [-0.2, -0.15) is 11.8 Å². The van der Waals surface area contributed by atoms with E-state index in [1.807, 2.05) is 24.8 Å². The molecule has 2 aromatic rings. The van der Waals surface area contributed by atoms with Crippen LogP contribution in [0.5, 0.6) is 0 Å². The predicted octanol–water partition coefficient (Wildman–Crippen LogP) is 4.44. The van der Waals surface area contributed by atoms with E-state index >= 15 is 0 Å². The van der Waals surface area contributed by atoms with Crippen molar-refractivity contribution in [1.82, 2.24) is 14.5 Å². The number of nitrogens with zero attached hydrogens (tertiary/aromatic N) is 3. The second kappa shape index (κ2) is 8.64. The Morgan fingerprint density at radius 2 is 1.95 bits per heavy atom. The molecule has 0 saturated carbocycles. The lowest BCUT2D eigenvalue weighted by molar-refractivity contribution is 0.575. The number of thioether (sulfide) groups is 1. The normalized spacial score (nSPS) is 11.4. The van der Waals surface area contributed by atoms with Gasteiger partial charge in [-0.15, -0.1) is 11.6 Å². The lowest BCUT2D eigenvalue weighted by Crippen LogP contribution is -2.06. The number of halogens is 1. The standard InChI is InChI=1S/C16H24ClN3S/c1-13-7-8-14-16(18-13)20(15(19-14)9-10-17)11-5-3-4-6-12-21-2/h7-8H,3-6,9-12H2,1-2H3. The Labute approximate surface area is 136 Å². The Bertz CT molecular complexity index is 568. The Morgan fingerprint density at radius 1 is 1.14 bits per heavy atom. The van der Waals surface area contributed by atoms with Crippen molar-refractivity contribution in [3.05, 3.63) is 23.7 Å². The fourth-order valence-electron chi connectivity index (χ4n) is 2.52. The Kier molecular flexibility index (Phi) is 6.84. The largest absolute Gasteiger partial charge is 0.313 e. The molecule has 2 aromatic heterocycles. The van der Waals surface area contributed by atoms with Crippen molar-refractivity contribution in [2.75, 3.05) is 17.9 Å². The first kappa shape index (κ1) is 16.6. The summed E-state index contributed by atoms with van der Waals surface area (Å²) in [5.41, 5.74) is 3.04. The van der Waals surface area contributed by atoms with Gasteiger partial charge in [-0.3, -0.25) is 0 Å². The van der Waals surface area contributed by atoms with Gasteiger partial charge in [0.15, 0.2) is 5.65 Å². The van der Waals surface area contributed by atoms with Crippen LogP contribution >= 0.6 is 23.4 Å². The lowest BCUT2D eigenvalue weighted by atomic mass is 10.2. The van der Waals surface area contributed by atoms with Gasteiger partial charge in [0.05, 0.1) is 0 Å². The predicted molar refractivity (Wildman–Crippen MR) is 93.5 cm³/mol. The van der Waals surface area contributed by atoms with Gasteiger partial charge in [-0.05, 0) is 43.9 Å². The molecule has 0 amide bonds. The van der Waals surface area contributed by atoms with Crippen LogP contribution in [0.15, 0.2) is 12.1 Å². The van der Waals surface area contributed by atoms with E-state index in [4.69, 9.17) is 11.6 Å². The van der Waals surface area contributed by atoms with E-state index in [0.29, 0.717) is 5.88 Å². The summed E-state index contributed by atoms with van der Waals surface area (Å²) < 4.78 is 2.26. The average Bonchev–Trinajstić information content (AvgIpc) is 2.80. The SMILES string of the molecule is CSCCCCCCn1c(CCCl)nc2ccc(C)nc21. The van der Waals surface area contributed by atoms with Crippen LogP contribution in [-0.4, -0.2) is 32.4 Å². The number of aryl methyl sites for hydroxylation is 3. The number of pyridine rings is 1. The highest BCUT2D eigenvalue weighted by Gasteiger charge is 2.11. The second-order valence-electron chi connectivity index (χ2n) is 5.32. The summed E-state index contributed by atoms with van der Waals surface area (Å²) in [5.74, 6) is 2.95. The summed E-state index contributed by atoms with van der Waals surface area (Å²) in [6, 6.07) is 4.08. The zero-order valence-electron chi connectivity index (χ0n) is 12.9. The summed E-state index contributed by atoms with van der Waals surface area (Å²) in [6.45, 7) is 3.03. The third-order valence-corrected chi connectivity index (χ3v) is 4.49. The van der Waals surface area contributed by atoms with Gasteiger partial charge < -0.3 is 4.57 Å². The lowest BCUT2D eigenvalue weighted by Gasteiger charge is -2.08. The molecule has 0 spiro atoms. The smallest absolute Gasteiger partial charge is 0.160 e. The van der Waals surface area contributed by atoms with Gasteiger partial charge in [0.1, 0.15) is 11.3 Å². The number of hydrogen-bond donors (Lipinski definition) is 0. The van der Waals surface area contributed by atoms with Crippen molar-refractivity contribution in [2.24, 2.45) is 0 Å². The summed E-state index contributed by atoms with van der Waals surface area (Å²) in [6.07, 6.45) is 8.06. The van der Waals surface area contributed by atoms with Crippen LogP contribution < -0.4 is 0 Å². The average molecular weight is 326 g/mol. The topological polar surface area (TPSA) is 30.7 Å². The zero-order valence-corrected chi connectivity index (χ0v) is 14.5. The van der Waals surface area contributed by atoms with Gasteiger partial charge in [-0.25, -0.2) is 9.97 Å². The van der Waals surface area contributed by atoms with Crippen LogP contribution in [0, 0.1) is 6.92 Å². The fourth-order valence-corrected chi connectivity index (χ4v) is 3.19. The van der Waals surface area contributed by atoms with E-state index in [1.54, 1.807) is 0 Å². The molecule has 0 N–H and O–H groups in total. The fraction of sp³-hybridized carbons (Fsp3) is 0.625. The first-order chi connectivity index (χ1) is 10.3. The third-order valence-electron chi connectivity index (χ3n) is 3.61. The first-order valence-electron chi connectivity index (χ1n) is 7.64. The van der Waals surface area contributed by atoms with E-state index in [2.05, 4.69) is 26.9 Å². The molecule has 0 atom stereocenters. The summed E-state index contributed by atoms with van der Waals surface area (Å²) in [4.78, 5) is 9.35. The minimum atomic E-state index is 0.607. The number of imidazole rings is 1. The molecular formula is C16H24ClN3S. The maximum atomic E-state index is 5.91. The quantitative estimate of drug-likeness (QED) is 0.504. The van der Waals surface area contributed by atoms with Crippen LogP contribution in [0.4, 0.5) is 0 Å². The minimum absolute atomic E-state index is 0.607. The van der Waals surface area contributed by atoms with Crippen molar-refractivity contribution >= 4 is 34.5 Å². The monoisotopic (exact) mass is 325 g/mol. The first-order valence-corrected chi connectivity index (χ1v) is 9.56. The molecule has 5 heteroatoms. The summed E-state index contributed by atoms with van der Waals surface area (Å²) in [5, 5.41) is 0. The van der Waals surface area contributed by atoms with E-state index in [-0.39, 0.29) is 0 Å². The number of unbranched alkanes of at least 4 members (excludes halogenated alkanes) is 3. The molecule has 0 radical (unpaired) electrons. The molecule has 0 aliphatic rings. The molecule has 21 heavy (non-hydrogen) atoms. The number of rotatable bonds is 9. The van der Waals surface area contributed by atoms with Gasteiger partial charge >= 0.3 is 0 Å². The number of aromatic nitrogens is 3. The summed E-state index contributed by atoms with van der Waals surface area (Å²) >= 11 is 7.84. The van der Waals surface area contributed by atoms with Crippen molar-refractivity contribution < 1.29 is 0 Å². The van der Waals surface area contributed by atoms with Gasteiger partial charge in [-0.1, -0.05) is 12.8 Å². The Balaban J connectivity index is 2.05. The van der Waals surface area contributed by atoms with Crippen LogP contribution in [0.1, 0.15) is 37.2 Å². The number of alkyl halides is 1. The highest BCUT2D eigenvalue weighted by molar-refractivity contribution is 7.98. The molecule has 0 aliphatic heterocycles. The molecule has 0 aliphatic carbocycles. The molecule has 0 bridgehead atoms. The molecule has 2 heterocycles. The molecule has 0 saturated heterocycles. The van der Waals surface area contributed by atoms with Crippen LogP contribution in [0.3, 0.4) is 0 Å². The second-order valence-corrected chi connectivity index (χ2v) is 6.68. The van der Waals surface area contributed by atoms with E-state index in [1.165, 1.54) is 31.4 Å². The highest BCUT2D eigenvalue weighted by Crippen LogP contribution is 2.17. The van der Waals surface area contributed by atoms with E-state index < -0.39 is 0 Å². The molecule has 2 rings (SSSR count). The Morgan fingerprint density at radius 3 is 2.71 bits per heavy atom. The third kappa shape index (κ3) is 4.62. The van der Waals surface area contributed by atoms with Crippen molar-refractivity contribution in [3.8, 4) is 0 Å². The van der Waals surface area contributed by atoms with Gasteiger partial charge in [0, 0.05) is 24.5 Å². The maximum absolute atomic E-state index is 5.91. The molecule has 3 nitrogen and oxygen atoms in total. The van der Waals surface area contributed by atoms with Crippen LogP contribution in [0.2, 0.25) is 0 Å². The van der Waals surface area contributed by atoms with Gasteiger partial charge in [0.2, 0.25) is 0 Å². The molecular weight excluding hydrogens is 302 g/mol. The summed E-state index contributed by atoms with van der Waals surface area (Å²) in [7, 11) is 0. The van der Waals surface area contributed by atoms with Gasteiger partial charge in [0.25, 0.3) is 0 Å². The number of hydrogen-bond acceptors (Lipinski definition) is 3. The maximum Gasteiger partial charge on any atom is 0.160 e. The zero-order chi connectivity index (χ0) is 15.1. The molecule has 0 aromatic carbocycles. The Hall–Kier alpha value is -0.740. The highest BCUT2D eigenvalue weighted by atomic mass is 35.5. The number of fused-ring (bicyclic) bond motifs is 1. The van der Waals surface area contributed by atoms with Crippen molar-refractivity contribution in [2.45, 2.75) is 45.6 Å². The van der Waals surface area contributed by atoms with Crippen molar-refractivity contribution in [3.63, 3.8) is 0 Å². The van der Waals surface area contributed by atoms with E-state index in [0.717, 1.165) is 35.6 Å².